The van der Waals surface area contributed by atoms with E-state index in [0.717, 1.165) is 5.56 Å². The number of nitrogens with zero attached hydrogens (tertiary/aromatic N) is 2. The van der Waals surface area contributed by atoms with E-state index in [1.54, 1.807) is 7.11 Å². The number of hydrogen-bond donors (Lipinski definition) is 2. The van der Waals surface area contributed by atoms with Gasteiger partial charge in [-0.3, -0.25) is 19.1 Å². The number of nitrogen functional groups attached to an aromatic ring is 1. The summed E-state index contributed by atoms with van der Waals surface area (Å²) < 4.78 is 17.1. The first kappa shape index (κ1) is 23.4. The van der Waals surface area contributed by atoms with Crippen molar-refractivity contribution in [3.63, 3.8) is 0 Å². The number of nitrogens with one attached hydrogen (secondary N) is 1. The Kier molecular flexibility index (Phi) is 7.57. The van der Waals surface area contributed by atoms with Crippen LogP contribution < -0.4 is 31.4 Å². The van der Waals surface area contributed by atoms with Gasteiger partial charge in [0.15, 0.2) is 17.2 Å². The summed E-state index contributed by atoms with van der Waals surface area (Å²) in [6.07, 6.45) is 1.10. The summed E-state index contributed by atoms with van der Waals surface area (Å²) in [5.41, 5.74) is 5.87. The smallest absolute Gasteiger partial charge is 0.330 e. The number of anilines is 2. The second-order valence-corrected chi connectivity index (χ2v) is 8.08. The zero-order valence-corrected chi connectivity index (χ0v) is 18.7. The van der Waals surface area contributed by atoms with Gasteiger partial charge in [-0.2, -0.15) is 0 Å². The van der Waals surface area contributed by atoms with E-state index < -0.39 is 11.2 Å². The third-order valence-electron chi connectivity index (χ3n) is 5.13. The zero-order chi connectivity index (χ0) is 23.3. The van der Waals surface area contributed by atoms with Crippen molar-refractivity contribution in [3.8, 4) is 11.5 Å². The van der Waals surface area contributed by atoms with Crippen LogP contribution in [0.2, 0.25) is 0 Å². The summed E-state index contributed by atoms with van der Waals surface area (Å²) in [6.45, 7) is 5.02. The number of hydrogen-bond acceptors (Lipinski definition) is 7. The Morgan fingerprint density at radius 3 is 2.75 bits per heavy atom. The molecule has 0 aliphatic carbocycles. The molecular formula is C22H30N4O6. The number of amides is 1. The lowest BCUT2D eigenvalue weighted by atomic mass is 10.1. The van der Waals surface area contributed by atoms with E-state index in [4.69, 9.17) is 19.9 Å². The molecule has 0 bridgehead atoms. The van der Waals surface area contributed by atoms with Crippen LogP contribution in [0.3, 0.4) is 0 Å². The topological polar surface area (TPSA) is 129 Å². The van der Waals surface area contributed by atoms with Crippen molar-refractivity contribution >= 4 is 17.4 Å². The maximum absolute atomic E-state index is 13.2. The summed E-state index contributed by atoms with van der Waals surface area (Å²) in [4.78, 5) is 41.8. The normalized spacial score (nSPS) is 12.4. The van der Waals surface area contributed by atoms with Crippen molar-refractivity contribution in [2.24, 2.45) is 5.92 Å². The lowest BCUT2D eigenvalue weighted by Crippen LogP contribution is -2.42. The lowest BCUT2D eigenvalue weighted by molar-refractivity contribution is -0.118. The van der Waals surface area contributed by atoms with Crippen molar-refractivity contribution in [2.45, 2.75) is 39.7 Å². The van der Waals surface area contributed by atoms with Crippen LogP contribution in [0.25, 0.3) is 0 Å². The summed E-state index contributed by atoms with van der Waals surface area (Å²) >= 11 is 0. The molecule has 0 radical (unpaired) electrons. The molecule has 0 unspecified atom stereocenters. The average Bonchev–Trinajstić information content (AvgIpc) is 3.21. The summed E-state index contributed by atoms with van der Waals surface area (Å²) in [6, 6.07) is 5.53. The van der Waals surface area contributed by atoms with E-state index in [9.17, 15) is 14.4 Å². The van der Waals surface area contributed by atoms with Crippen LogP contribution in [0.5, 0.6) is 11.5 Å². The monoisotopic (exact) mass is 446 g/mol. The molecule has 1 amide bonds. The van der Waals surface area contributed by atoms with Crippen molar-refractivity contribution in [1.29, 1.82) is 0 Å². The van der Waals surface area contributed by atoms with Crippen molar-refractivity contribution < 1.29 is 19.0 Å². The van der Waals surface area contributed by atoms with Gasteiger partial charge in [-0.05, 0) is 36.5 Å². The predicted octanol–water partition coefficient (Wildman–Crippen LogP) is 1.51. The van der Waals surface area contributed by atoms with E-state index in [-0.39, 0.29) is 43.1 Å². The number of aryl methyl sites for hydroxylation is 1. The fourth-order valence-corrected chi connectivity index (χ4v) is 3.60. The van der Waals surface area contributed by atoms with Gasteiger partial charge in [0.2, 0.25) is 12.7 Å². The minimum atomic E-state index is -0.679. The number of rotatable bonds is 10. The number of H-pyrrole nitrogens is 1. The highest BCUT2D eigenvalue weighted by Gasteiger charge is 2.24. The summed E-state index contributed by atoms with van der Waals surface area (Å²) in [5, 5.41) is 0. The van der Waals surface area contributed by atoms with Gasteiger partial charge in [-0.25, -0.2) is 4.79 Å². The minimum absolute atomic E-state index is 0.00274. The molecule has 0 spiro atoms. The van der Waals surface area contributed by atoms with Crippen molar-refractivity contribution in [1.82, 2.24) is 9.55 Å². The van der Waals surface area contributed by atoms with Crippen LogP contribution in [0.15, 0.2) is 27.8 Å². The number of aromatic amines is 1. The number of aromatic nitrogens is 2. The number of benzene rings is 1. The molecule has 0 atom stereocenters. The molecule has 1 aromatic carbocycles. The van der Waals surface area contributed by atoms with Gasteiger partial charge in [0, 0.05) is 33.2 Å². The van der Waals surface area contributed by atoms with Crippen LogP contribution in [0, 0.1) is 5.92 Å². The fourth-order valence-electron chi connectivity index (χ4n) is 3.60. The van der Waals surface area contributed by atoms with Crippen LogP contribution in [0.4, 0.5) is 11.5 Å². The molecule has 174 valence electrons. The summed E-state index contributed by atoms with van der Waals surface area (Å²) in [5.74, 6) is 1.16. The Bertz CT molecular complexity index is 1080. The Labute approximate surface area is 185 Å². The van der Waals surface area contributed by atoms with Crippen LogP contribution in [-0.4, -0.2) is 42.5 Å². The van der Waals surface area contributed by atoms with Gasteiger partial charge in [-0.1, -0.05) is 19.9 Å². The number of fused-ring (bicyclic) bond motifs is 1. The second kappa shape index (κ2) is 10.4. The molecule has 1 aromatic heterocycles. The van der Waals surface area contributed by atoms with Crippen LogP contribution in [0.1, 0.15) is 32.3 Å². The Balaban J connectivity index is 1.86. The highest BCUT2D eigenvalue weighted by molar-refractivity contribution is 5.95. The molecule has 1 aliphatic rings. The average molecular weight is 447 g/mol. The van der Waals surface area contributed by atoms with Crippen molar-refractivity contribution in [2.75, 3.05) is 37.7 Å². The molecule has 0 saturated heterocycles. The lowest BCUT2D eigenvalue weighted by Gasteiger charge is -2.25. The number of nitrogens with two attached hydrogens (primary N) is 1. The molecule has 0 saturated carbocycles. The molecule has 3 N–H and O–H groups in total. The van der Waals surface area contributed by atoms with Gasteiger partial charge in [0.25, 0.3) is 5.56 Å². The molecular weight excluding hydrogens is 416 g/mol. The molecule has 0 fully saturated rings. The first-order chi connectivity index (χ1) is 15.3. The Hall–Kier alpha value is -3.27. The number of carbonyl (C=O) groups is 1. The van der Waals surface area contributed by atoms with Crippen molar-refractivity contribution in [3.05, 3.63) is 44.6 Å². The minimum Gasteiger partial charge on any atom is -0.454 e. The SMILES string of the molecule is COCCCN(C(=O)CCc1ccc2c(c1)OCO2)c1c(N)n(CC(C)C)c(=O)[nH]c1=O. The largest absolute Gasteiger partial charge is 0.454 e. The quantitative estimate of drug-likeness (QED) is 0.529. The first-order valence-electron chi connectivity index (χ1n) is 10.6. The van der Waals surface area contributed by atoms with Gasteiger partial charge in [-0.15, -0.1) is 0 Å². The second-order valence-electron chi connectivity index (χ2n) is 8.08. The number of ether oxygens (including phenoxy) is 3. The first-order valence-corrected chi connectivity index (χ1v) is 10.6. The highest BCUT2D eigenvalue weighted by Crippen LogP contribution is 2.33. The molecule has 3 rings (SSSR count). The molecule has 32 heavy (non-hydrogen) atoms. The Morgan fingerprint density at radius 1 is 1.28 bits per heavy atom. The van der Waals surface area contributed by atoms with Gasteiger partial charge < -0.3 is 24.8 Å². The maximum atomic E-state index is 13.2. The van der Waals surface area contributed by atoms with E-state index in [1.165, 1.54) is 9.47 Å². The molecule has 1 aliphatic heterocycles. The van der Waals surface area contributed by atoms with E-state index in [0.29, 0.717) is 37.5 Å². The molecule has 2 heterocycles. The van der Waals surface area contributed by atoms with Gasteiger partial charge in [0.1, 0.15) is 5.82 Å². The third kappa shape index (κ3) is 5.31. The van der Waals surface area contributed by atoms with E-state index in [1.807, 2.05) is 32.0 Å². The number of carbonyl (C=O) groups excluding carboxylic acids is 1. The van der Waals surface area contributed by atoms with Gasteiger partial charge >= 0.3 is 5.69 Å². The molecule has 10 nitrogen and oxygen atoms in total. The van der Waals surface area contributed by atoms with E-state index in [2.05, 4.69) is 4.98 Å². The van der Waals surface area contributed by atoms with Gasteiger partial charge in [0.05, 0.1) is 0 Å². The fraction of sp³-hybridized carbons (Fsp3) is 0.500. The van der Waals surface area contributed by atoms with Crippen LogP contribution >= 0.6 is 0 Å². The third-order valence-corrected chi connectivity index (χ3v) is 5.13. The van der Waals surface area contributed by atoms with E-state index >= 15 is 0 Å². The Morgan fingerprint density at radius 2 is 2.03 bits per heavy atom. The highest BCUT2D eigenvalue weighted by atomic mass is 16.7. The van der Waals surface area contributed by atoms with Crippen LogP contribution in [-0.2, 0) is 22.5 Å². The maximum Gasteiger partial charge on any atom is 0.330 e. The summed E-state index contributed by atoms with van der Waals surface area (Å²) in [7, 11) is 1.57. The molecule has 2 aromatic rings. The number of methoxy groups -OCH3 is 1. The standard InChI is InChI=1S/C22H30N4O6/c1-14(2)12-26-20(23)19(21(28)24-22(26)29)25(9-4-10-30-3)18(27)8-6-15-5-7-16-17(11-15)32-13-31-16/h5,7,11,14H,4,6,8-10,12-13,23H2,1-3H3,(H,24,28,29). The predicted molar refractivity (Wildman–Crippen MR) is 120 cm³/mol. The molecule has 10 heteroatoms. The zero-order valence-electron chi connectivity index (χ0n) is 18.7.